The maximum Gasteiger partial charge on any atom is 0.0346 e. The van der Waals surface area contributed by atoms with Crippen LogP contribution < -0.4 is 5.32 Å². The van der Waals surface area contributed by atoms with Gasteiger partial charge in [0.1, 0.15) is 0 Å². The SMILES string of the molecule is CN1CCC(CCNc2ccc3ccccc3c2)CC1. The van der Waals surface area contributed by atoms with Gasteiger partial charge in [-0.25, -0.2) is 0 Å². The van der Waals surface area contributed by atoms with Gasteiger partial charge >= 0.3 is 0 Å². The molecular formula is C18H24N2. The summed E-state index contributed by atoms with van der Waals surface area (Å²) in [6.45, 7) is 3.62. The van der Waals surface area contributed by atoms with E-state index < -0.39 is 0 Å². The molecule has 106 valence electrons. The second kappa shape index (κ2) is 6.27. The smallest absolute Gasteiger partial charge is 0.0346 e. The van der Waals surface area contributed by atoms with Crippen molar-refractivity contribution in [2.45, 2.75) is 19.3 Å². The van der Waals surface area contributed by atoms with E-state index in [4.69, 9.17) is 0 Å². The van der Waals surface area contributed by atoms with Gasteiger partial charge in [-0.05, 0) is 68.2 Å². The molecule has 20 heavy (non-hydrogen) atoms. The first kappa shape index (κ1) is 13.4. The van der Waals surface area contributed by atoms with Gasteiger partial charge in [0, 0.05) is 12.2 Å². The quantitative estimate of drug-likeness (QED) is 0.902. The number of benzene rings is 2. The first-order valence-corrected chi connectivity index (χ1v) is 7.72. The molecule has 1 aliphatic rings. The normalized spacial score (nSPS) is 17.4. The predicted octanol–water partition coefficient (Wildman–Crippen LogP) is 3.98. The van der Waals surface area contributed by atoms with Crippen LogP contribution in [0.4, 0.5) is 5.69 Å². The van der Waals surface area contributed by atoms with Gasteiger partial charge in [0.2, 0.25) is 0 Å². The summed E-state index contributed by atoms with van der Waals surface area (Å²) in [5.41, 5.74) is 1.25. The van der Waals surface area contributed by atoms with Crippen LogP contribution in [-0.4, -0.2) is 31.6 Å². The molecule has 0 aliphatic carbocycles. The first-order valence-electron chi connectivity index (χ1n) is 7.72. The Bertz CT molecular complexity index is 556. The lowest BCUT2D eigenvalue weighted by atomic mass is 9.94. The molecule has 1 fully saturated rings. The summed E-state index contributed by atoms with van der Waals surface area (Å²) in [5, 5.41) is 6.21. The average Bonchev–Trinajstić information content (AvgIpc) is 2.49. The summed E-state index contributed by atoms with van der Waals surface area (Å²) in [5.74, 6) is 0.902. The van der Waals surface area contributed by atoms with Gasteiger partial charge in [-0.1, -0.05) is 30.3 Å². The van der Waals surface area contributed by atoms with Crippen LogP contribution in [0, 0.1) is 5.92 Å². The van der Waals surface area contributed by atoms with Crippen molar-refractivity contribution in [3.8, 4) is 0 Å². The Morgan fingerprint density at radius 2 is 1.80 bits per heavy atom. The summed E-state index contributed by atoms with van der Waals surface area (Å²) >= 11 is 0. The van der Waals surface area contributed by atoms with Crippen LogP contribution in [0.5, 0.6) is 0 Å². The van der Waals surface area contributed by atoms with Gasteiger partial charge < -0.3 is 10.2 Å². The number of rotatable bonds is 4. The zero-order chi connectivity index (χ0) is 13.8. The van der Waals surface area contributed by atoms with Crippen molar-refractivity contribution in [3.63, 3.8) is 0 Å². The maximum absolute atomic E-state index is 3.58. The highest BCUT2D eigenvalue weighted by molar-refractivity contribution is 5.85. The zero-order valence-corrected chi connectivity index (χ0v) is 12.3. The Morgan fingerprint density at radius 3 is 2.60 bits per heavy atom. The molecule has 0 spiro atoms. The van der Waals surface area contributed by atoms with Gasteiger partial charge in [0.25, 0.3) is 0 Å². The molecule has 1 aliphatic heterocycles. The fourth-order valence-corrected chi connectivity index (χ4v) is 3.07. The van der Waals surface area contributed by atoms with Crippen molar-refractivity contribution in [1.29, 1.82) is 0 Å². The minimum atomic E-state index is 0.902. The van der Waals surface area contributed by atoms with E-state index in [1.54, 1.807) is 0 Å². The van der Waals surface area contributed by atoms with E-state index in [-0.39, 0.29) is 0 Å². The van der Waals surface area contributed by atoms with Crippen molar-refractivity contribution in [3.05, 3.63) is 42.5 Å². The minimum absolute atomic E-state index is 0.902. The number of likely N-dealkylation sites (tertiary alicyclic amines) is 1. The number of hydrogen-bond acceptors (Lipinski definition) is 2. The minimum Gasteiger partial charge on any atom is -0.385 e. The van der Waals surface area contributed by atoms with Crippen LogP contribution in [0.3, 0.4) is 0 Å². The number of hydrogen-bond donors (Lipinski definition) is 1. The third kappa shape index (κ3) is 3.31. The molecule has 3 rings (SSSR count). The van der Waals surface area contributed by atoms with E-state index in [1.807, 2.05) is 0 Å². The van der Waals surface area contributed by atoms with Crippen molar-refractivity contribution in [1.82, 2.24) is 4.90 Å². The molecule has 1 heterocycles. The molecule has 2 aromatic rings. The molecule has 0 radical (unpaired) electrons. The van der Waals surface area contributed by atoms with Crippen LogP contribution in [0.15, 0.2) is 42.5 Å². The van der Waals surface area contributed by atoms with E-state index in [9.17, 15) is 0 Å². The largest absolute Gasteiger partial charge is 0.385 e. The van der Waals surface area contributed by atoms with E-state index in [2.05, 4.69) is 59.7 Å². The third-order valence-corrected chi connectivity index (χ3v) is 4.47. The molecule has 0 aromatic heterocycles. The fraction of sp³-hybridized carbons (Fsp3) is 0.444. The standard InChI is InChI=1S/C18H24N2/c1-20-12-9-15(10-13-20)8-11-19-18-7-6-16-4-2-3-5-17(16)14-18/h2-7,14-15,19H,8-13H2,1H3. The molecule has 2 heteroatoms. The Labute approximate surface area is 121 Å². The fourth-order valence-electron chi connectivity index (χ4n) is 3.07. The Hall–Kier alpha value is -1.54. The molecule has 0 bridgehead atoms. The Balaban J connectivity index is 1.52. The highest BCUT2D eigenvalue weighted by Crippen LogP contribution is 2.21. The van der Waals surface area contributed by atoms with Crippen molar-refractivity contribution < 1.29 is 0 Å². The van der Waals surface area contributed by atoms with Gasteiger partial charge in [-0.3, -0.25) is 0 Å². The van der Waals surface area contributed by atoms with E-state index in [0.29, 0.717) is 0 Å². The molecule has 0 amide bonds. The molecule has 2 aromatic carbocycles. The van der Waals surface area contributed by atoms with Crippen LogP contribution in [0.25, 0.3) is 10.8 Å². The van der Waals surface area contributed by atoms with E-state index in [0.717, 1.165) is 12.5 Å². The second-order valence-electron chi connectivity index (χ2n) is 6.02. The number of piperidine rings is 1. The second-order valence-corrected chi connectivity index (χ2v) is 6.02. The highest BCUT2D eigenvalue weighted by atomic mass is 15.1. The van der Waals surface area contributed by atoms with Crippen molar-refractivity contribution in [2.24, 2.45) is 5.92 Å². The summed E-state index contributed by atoms with van der Waals surface area (Å²) in [4.78, 5) is 2.44. The lowest BCUT2D eigenvalue weighted by Crippen LogP contribution is -2.30. The Kier molecular flexibility index (Phi) is 4.22. The average molecular weight is 268 g/mol. The van der Waals surface area contributed by atoms with Crippen LogP contribution >= 0.6 is 0 Å². The molecule has 1 N–H and O–H groups in total. The third-order valence-electron chi connectivity index (χ3n) is 4.47. The Morgan fingerprint density at radius 1 is 1.05 bits per heavy atom. The van der Waals surface area contributed by atoms with Crippen molar-refractivity contribution in [2.75, 3.05) is 32.0 Å². The first-order chi connectivity index (χ1) is 9.81. The van der Waals surface area contributed by atoms with Gasteiger partial charge in [-0.15, -0.1) is 0 Å². The number of fused-ring (bicyclic) bond motifs is 1. The van der Waals surface area contributed by atoms with Crippen LogP contribution in [0.2, 0.25) is 0 Å². The molecule has 0 unspecified atom stereocenters. The van der Waals surface area contributed by atoms with E-state index in [1.165, 1.54) is 48.8 Å². The lowest BCUT2D eigenvalue weighted by Gasteiger charge is -2.29. The number of anilines is 1. The predicted molar refractivity (Wildman–Crippen MR) is 87.3 cm³/mol. The summed E-state index contributed by atoms with van der Waals surface area (Å²) in [6, 6.07) is 15.2. The van der Waals surface area contributed by atoms with Gasteiger partial charge in [-0.2, -0.15) is 0 Å². The topological polar surface area (TPSA) is 15.3 Å². The zero-order valence-electron chi connectivity index (χ0n) is 12.3. The molecule has 2 nitrogen and oxygen atoms in total. The summed E-state index contributed by atoms with van der Waals surface area (Å²) < 4.78 is 0. The lowest BCUT2D eigenvalue weighted by molar-refractivity contribution is 0.215. The molecule has 0 saturated carbocycles. The van der Waals surface area contributed by atoms with E-state index >= 15 is 0 Å². The number of nitrogens with zero attached hydrogens (tertiary/aromatic N) is 1. The van der Waals surface area contributed by atoms with Crippen molar-refractivity contribution >= 4 is 16.5 Å². The maximum atomic E-state index is 3.58. The van der Waals surface area contributed by atoms with Crippen LogP contribution in [0.1, 0.15) is 19.3 Å². The van der Waals surface area contributed by atoms with Gasteiger partial charge in [0.15, 0.2) is 0 Å². The highest BCUT2D eigenvalue weighted by Gasteiger charge is 2.15. The van der Waals surface area contributed by atoms with Crippen LogP contribution in [-0.2, 0) is 0 Å². The molecule has 0 atom stereocenters. The monoisotopic (exact) mass is 268 g/mol. The number of nitrogens with one attached hydrogen (secondary N) is 1. The molecule has 1 saturated heterocycles. The summed E-state index contributed by atoms with van der Waals surface area (Å²) in [6.07, 6.45) is 4.01. The van der Waals surface area contributed by atoms with Gasteiger partial charge in [0.05, 0.1) is 0 Å². The molecular weight excluding hydrogens is 244 g/mol. The summed E-state index contributed by atoms with van der Waals surface area (Å²) in [7, 11) is 2.23.